The van der Waals surface area contributed by atoms with Crippen molar-refractivity contribution in [3.8, 4) is 0 Å². The number of piperidine rings is 1. The van der Waals surface area contributed by atoms with E-state index in [1.54, 1.807) is 0 Å². The normalized spacial score (nSPS) is 18.3. The van der Waals surface area contributed by atoms with E-state index in [1.807, 2.05) is 0 Å². The number of nitrogens with one attached hydrogen (secondary N) is 1. The molecule has 0 aromatic carbocycles. The molecule has 1 amide bonds. The Morgan fingerprint density at radius 2 is 1.94 bits per heavy atom. The number of carbonyl (C=O) groups is 2. The van der Waals surface area contributed by atoms with Crippen molar-refractivity contribution in [1.29, 1.82) is 0 Å². The molecule has 1 aliphatic heterocycles. The molecule has 0 radical (unpaired) electrons. The first-order valence-electron chi connectivity index (χ1n) is 6.57. The third kappa shape index (κ3) is 5.97. The largest absolute Gasteiger partial charge is 0.480 e. The van der Waals surface area contributed by atoms with Crippen molar-refractivity contribution in [2.24, 2.45) is 5.73 Å². The molecule has 0 aromatic rings. The lowest BCUT2D eigenvalue weighted by molar-refractivity contribution is -0.138. The first kappa shape index (κ1) is 14.9. The summed E-state index contributed by atoms with van der Waals surface area (Å²) in [5, 5.41) is 11.3. The fourth-order valence-electron chi connectivity index (χ4n) is 2.02. The van der Waals surface area contributed by atoms with E-state index in [0.717, 1.165) is 19.6 Å². The number of hydrogen-bond donors (Lipinski definition) is 3. The molecule has 104 valence electrons. The predicted octanol–water partition coefficient (Wildman–Crippen LogP) is -0.219. The van der Waals surface area contributed by atoms with Gasteiger partial charge >= 0.3 is 5.97 Å². The van der Waals surface area contributed by atoms with Crippen molar-refractivity contribution in [3.05, 3.63) is 0 Å². The molecule has 1 atom stereocenters. The zero-order valence-corrected chi connectivity index (χ0v) is 10.7. The Morgan fingerprint density at radius 1 is 1.28 bits per heavy atom. The summed E-state index contributed by atoms with van der Waals surface area (Å²) in [5.74, 6) is -1.06. The molecule has 0 unspecified atom stereocenters. The van der Waals surface area contributed by atoms with Gasteiger partial charge in [0, 0.05) is 19.5 Å². The van der Waals surface area contributed by atoms with E-state index in [2.05, 4.69) is 10.2 Å². The summed E-state index contributed by atoms with van der Waals surface area (Å²) in [4.78, 5) is 24.3. The highest BCUT2D eigenvalue weighted by atomic mass is 16.4. The van der Waals surface area contributed by atoms with Crippen LogP contribution in [0.3, 0.4) is 0 Å². The summed E-state index contributed by atoms with van der Waals surface area (Å²) in [7, 11) is 0. The number of carbonyl (C=O) groups excluding carboxylic acids is 1. The molecule has 6 nitrogen and oxygen atoms in total. The molecule has 0 aromatic heterocycles. The van der Waals surface area contributed by atoms with E-state index in [0.29, 0.717) is 13.0 Å². The highest BCUT2D eigenvalue weighted by molar-refractivity contribution is 5.76. The predicted molar refractivity (Wildman–Crippen MR) is 68.1 cm³/mol. The highest BCUT2D eigenvalue weighted by Crippen LogP contribution is 2.08. The van der Waals surface area contributed by atoms with Crippen LogP contribution in [-0.4, -0.2) is 54.1 Å². The topological polar surface area (TPSA) is 95.7 Å². The molecule has 1 aliphatic rings. The minimum Gasteiger partial charge on any atom is -0.480 e. The molecule has 0 aliphatic carbocycles. The lowest BCUT2D eigenvalue weighted by Gasteiger charge is -2.25. The smallest absolute Gasteiger partial charge is 0.320 e. The monoisotopic (exact) mass is 257 g/mol. The fourth-order valence-corrected chi connectivity index (χ4v) is 2.02. The lowest BCUT2D eigenvalue weighted by atomic mass is 10.1. The number of hydrogen-bond acceptors (Lipinski definition) is 4. The summed E-state index contributed by atoms with van der Waals surface area (Å²) in [5.41, 5.74) is 5.33. The van der Waals surface area contributed by atoms with Crippen molar-refractivity contribution < 1.29 is 14.7 Å². The van der Waals surface area contributed by atoms with Crippen LogP contribution in [0.1, 0.15) is 32.1 Å². The fraction of sp³-hybridized carbons (Fsp3) is 0.833. The van der Waals surface area contributed by atoms with E-state index in [-0.39, 0.29) is 12.3 Å². The Hall–Kier alpha value is -1.14. The maximum atomic E-state index is 11.5. The van der Waals surface area contributed by atoms with Crippen molar-refractivity contribution in [1.82, 2.24) is 10.2 Å². The van der Waals surface area contributed by atoms with Crippen molar-refractivity contribution in [2.45, 2.75) is 38.1 Å². The first-order chi connectivity index (χ1) is 8.59. The average Bonchev–Trinajstić information content (AvgIpc) is 2.37. The number of amides is 1. The molecule has 1 heterocycles. The summed E-state index contributed by atoms with van der Waals surface area (Å²) < 4.78 is 0. The second-order valence-corrected chi connectivity index (χ2v) is 4.74. The number of aliphatic carboxylic acids is 1. The van der Waals surface area contributed by atoms with Gasteiger partial charge in [-0.15, -0.1) is 0 Å². The van der Waals surface area contributed by atoms with Crippen LogP contribution in [0.4, 0.5) is 0 Å². The van der Waals surface area contributed by atoms with Gasteiger partial charge in [0.25, 0.3) is 0 Å². The van der Waals surface area contributed by atoms with Crippen LogP contribution in [0.2, 0.25) is 0 Å². The molecule has 6 heteroatoms. The first-order valence-corrected chi connectivity index (χ1v) is 6.57. The number of nitrogens with zero attached hydrogens (tertiary/aromatic N) is 1. The van der Waals surface area contributed by atoms with Gasteiger partial charge in [-0.05, 0) is 32.4 Å². The second kappa shape index (κ2) is 8.05. The van der Waals surface area contributed by atoms with Gasteiger partial charge in [-0.25, -0.2) is 0 Å². The van der Waals surface area contributed by atoms with Gasteiger partial charge in [-0.3, -0.25) is 9.59 Å². The average molecular weight is 257 g/mol. The third-order valence-corrected chi connectivity index (χ3v) is 3.20. The number of nitrogens with two attached hydrogens (primary N) is 1. The zero-order valence-electron chi connectivity index (χ0n) is 10.7. The zero-order chi connectivity index (χ0) is 13.4. The van der Waals surface area contributed by atoms with Gasteiger partial charge in [0.15, 0.2) is 0 Å². The van der Waals surface area contributed by atoms with Gasteiger partial charge in [-0.1, -0.05) is 6.42 Å². The number of carboxylic acids is 1. The minimum atomic E-state index is -1.03. The SMILES string of the molecule is N[C@@H](CCNC(=O)CCN1CCCCC1)C(=O)O. The van der Waals surface area contributed by atoms with Crippen molar-refractivity contribution in [2.75, 3.05) is 26.2 Å². The molecule has 0 saturated carbocycles. The summed E-state index contributed by atoms with van der Waals surface area (Å²) in [6, 6.07) is -0.896. The standard InChI is InChI=1S/C12H23N3O3/c13-10(12(17)18)4-6-14-11(16)5-9-15-7-2-1-3-8-15/h10H,1-9,13H2,(H,14,16)(H,17,18)/t10-/m0/s1. The van der Waals surface area contributed by atoms with E-state index in [1.165, 1.54) is 19.3 Å². The Kier molecular flexibility index (Phi) is 6.67. The van der Waals surface area contributed by atoms with E-state index in [4.69, 9.17) is 10.8 Å². The molecule has 1 saturated heterocycles. The second-order valence-electron chi connectivity index (χ2n) is 4.74. The summed E-state index contributed by atoms with van der Waals surface area (Å²) >= 11 is 0. The highest BCUT2D eigenvalue weighted by Gasteiger charge is 2.13. The Bertz CT molecular complexity index is 278. The van der Waals surface area contributed by atoms with E-state index in [9.17, 15) is 9.59 Å². The van der Waals surface area contributed by atoms with Crippen LogP contribution in [0.15, 0.2) is 0 Å². The van der Waals surface area contributed by atoms with Crippen LogP contribution < -0.4 is 11.1 Å². The van der Waals surface area contributed by atoms with E-state index >= 15 is 0 Å². The number of rotatable bonds is 7. The Labute approximate surface area is 108 Å². The van der Waals surface area contributed by atoms with Gasteiger partial charge < -0.3 is 21.1 Å². The van der Waals surface area contributed by atoms with Crippen molar-refractivity contribution >= 4 is 11.9 Å². The molecule has 1 fully saturated rings. The van der Waals surface area contributed by atoms with Crippen LogP contribution in [0, 0.1) is 0 Å². The molecule has 0 bridgehead atoms. The van der Waals surface area contributed by atoms with Gasteiger partial charge in [0.05, 0.1) is 0 Å². The van der Waals surface area contributed by atoms with Crippen LogP contribution in [0.5, 0.6) is 0 Å². The third-order valence-electron chi connectivity index (χ3n) is 3.20. The summed E-state index contributed by atoms with van der Waals surface area (Å²) in [6.07, 6.45) is 4.47. The molecule has 18 heavy (non-hydrogen) atoms. The van der Waals surface area contributed by atoms with E-state index < -0.39 is 12.0 Å². The molecule has 1 rings (SSSR count). The Balaban J connectivity index is 2.04. The van der Waals surface area contributed by atoms with Gasteiger partial charge in [-0.2, -0.15) is 0 Å². The maximum absolute atomic E-state index is 11.5. The van der Waals surface area contributed by atoms with Crippen LogP contribution in [0.25, 0.3) is 0 Å². The van der Waals surface area contributed by atoms with Crippen LogP contribution in [-0.2, 0) is 9.59 Å². The molecule has 4 N–H and O–H groups in total. The number of likely N-dealkylation sites (tertiary alicyclic amines) is 1. The number of carboxylic acid groups (broad SMARTS) is 1. The quantitative estimate of drug-likeness (QED) is 0.586. The van der Waals surface area contributed by atoms with Crippen LogP contribution >= 0.6 is 0 Å². The van der Waals surface area contributed by atoms with Gasteiger partial charge in [0.1, 0.15) is 6.04 Å². The minimum absolute atomic E-state index is 0.0295. The molecule has 0 spiro atoms. The lowest BCUT2D eigenvalue weighted by Crippen LogP contribution is -2.37. The molecular formula is C12H23N3O3. The maximum Gasteiger partial charge on any atom is 0.320 e. The van der Waals surface area contributed by atoms with Gasteiger partial charge in [0.2, 0.25) is 5.91 Å². The van der Waals surface area contributed by atoms with Crippen molar-refractivity contribution in [3.63, 3.8) is 0 Å². The Morgan fingerprint density at radius 3 is 2.56 bits per heavy atom. The summed E-state index contributed by atoms with van der Waals surface area (Å²) in [6.45, 7) is 3.28. The molecular weight excluding hydrogens is 234 g/mol.